The number of nitrogens with one attached hydrogen (secondary N) is 1. The van der Waals surface area contributed by atoms with Crippen LogP contribution < -0.4 is 5.32 Å². The number of nitrogens with zero attached hydrogens (tertiary/aromatic N) is 2. The minimum absolute atomic E-state index is 0.194. The smallest absolute Gasteiger partial charge is 0.228 e. The van der Waals surface area contributed by atoms with Crippen molar-refractivity contribution in [1.29, 1.82) is 0 Å². The van der Waals surface area contributed by atoms with Gasteiger partial charge in [0.25, 0.3) is 0 Å². The predicted molar refractivity (Wildman–Crippen MR) is 93.2 cm³/mol. The molecule has 3 rings (SSSR count). The minimum Gasteiger partial charge on any atom is -0.360 e. The first-order valence-electron chi connectivity index (χ1n) is 8.30. The van der Waals surface area contributed by atoms with Crippen LogP contribution in [0.15, 0.2) is 34.9 Å². The molecule has 1 fully saturated rings. The summed E-state index contributed by atoms with van der Waals surface area (Å²) in [5, 5.41) is 6.39. The first-order valence-corrected chi connectivity index (χ1v) is 9.91. The Kier molecular flexibility index (Phi) is 5.38. The number of hydrogen-bond acceptors (Lipinski definition) is 5. The van der Waals surface area contributed by atoms with Crippen LogP contribution in [-0.4, -0.2) is 36.9 Å². The zero-order valence-electron chi connectivity index (χ0n) is 14.3. The number of aryl methyl sites for hydroxylation is 1. The molecule has 0 spiro atoms. The average molecular weight is 381 g/mol. The van der Waals surface area contributed by atoms with E-state index in [1.54, 1.807) is 19.1 Å². The van der Waals surface area contributed by atoms with E-state index < -0.39 is 15.8 Å². The standard InChI is InChI=1S/C17H20FN3O4S/c1-12-9-16(20-25-12)19-17(22)14-5-7-21(8-6-14)26(23,24)11-13-3-2-4-15(18)10-13/h2-4,9-10,14H,5-8,11H2,1H3,(H,19,20,22). The highest BCUT2D eigenvalue weighted by Gasteiger charge is 2.31. The molecule has 1 aliphatic heterocycles. The molecule has 1 amide bonds. The quantitative estimate of drug-likeness (QED) is 0.858. The zero-order chi connectivity index (χ0) is 18.7. The van der Waals surface area contributed by atoms with Crippen LogP contribution in [0.25, 0.3) is 0 Å². The maximum atomic E-state index is 13.2. The molecule has 1 saturated heterocycles. The molecule has 0 radical (unpaired) electrons. The Hall–Kier alpha value is -2.26. The van der Waals surface area contributed by atoms with E-state index in [0.717, 1.165) is 0 Å². The first kappa shape index (κ1) is 18.5. The van der Waals surface area contributed by atoms with Crippen molar-refractivity contribution < 1.29 is 22.1 Å². The number of hydrogen-bond donors (Lipinski definition) is 1. The Bertz CT molecular complexity index is 889. The Balaban J connectivity index is 1.56. The van der Waals surface area contributed by atoms with Crippen molar-refractivity contribution in [2.45, 2.75) is 25.5 Å². The van der Waals surface area contributed by atoms with Gasteiger partial charge >= 0.3 is 0 Å². The molecule has 140 valence electrons. The highest BCUT2D eigenvalue weighted by Crippen LogP contribution is 2.23. The third kappa shape index (κ3) is 4.47. The number of carbonyl (C=O) groups is 1. The molecule has 0 aliphatic carbocycles. The van der Waals surface area contributed by atoms with Gasteiger partial charge < -0.3 is 9.84 Å². The number of anilines is 1. The summed E-state index contributed by atoms with van der Waals surface area (Å²) >= 11 is 0. The second kappa shape index (κ2) is 7.55. The van der Waals surface area contributed by atoms with Gasteiger partial charge in [-0.2, -0.15) is 0 Å². The molecule has 1 aliphatic rings. The summed E-state index contributed by atoms with van der Waals surface area (Å²) in [5.41, 5.74) is 0.409. The van der Waals surface area contributed by atoms with Gasteiger partial charge in [-0.1, -0.05) is 17.3 Å². The molecule has 0 atom stereocenters. The molecular formula is C17H20FN3O4S. The maximum Gasteiger partial charge on any atom is 0.228 e. The highest BCUT2D eigenvalue weighted by atomic mass is 32.2. The Labute approximate surface area is 151 Å². The molecule has 1 aromatic heterocycles. The number of halogens is 1. The molecule has 9 heteroatoms. The van der Waals surface area contributed by atoms with E-state index in [2.05, 4.69) is 10.5 Å². The van der Waals surface area contributed by atoms with Crippen LogP contribution in [-0.2, 0) is 20.6 Å². The number of rotatable bonds is 5. The molecule has 2 aromatic rings. The summed E-state index contributed by atoms with van der Waals surface area (Å²) in [6, 6.07) is 7.19. The van der Waals surface area contributed by atoms with Gasteiger partial charge in [-0.15, -0.1) is 0 Å². The zero-order valence-corrected chi connectivity index (χ0v) is 15.1. The third-order valence-corrected chi connectivity index (χ3v) is 6.19. The molecule has 2 heterocycles. The summed E-state index contributed by atoms with van der Waals surface area (Å²) in [4.78, 5) is 12.3. The summed E-state index contributed by atoms with van der Waals surface area (Å²) in [5.74, 6) is -0.240. The van der Waals surface area contributed by atoms with Crippen LogP contribution >= 0.6 is 0 Å². The predicted octanol–water partition coefficient (Wildman–Crippen LogP) is 2.30. The molecule has 26 heavy (non-hydrogen) atoms. The molecule has 0 bridgehead atoms. The van der Waals surface area contributed by atoms with Crippen LogP contribution in [0.3, 0.4) is 0 Å². The SMILES string of the molecule is Cc1cc(NC(=O)C2CCN(S(=O)(=O)Cc3cccc(F)c3)CC2)no1. The number of sulfonamides is 1. The molecule has 0 saturated carbocycles. The van der Waals surface area contributed by atoms with Crippen LogP contribution in [0.5, 0.6) is 0 Å². The molecular weight excluding hydrogens is 361 g/mol. The molecule has 1 aromatic carbocycles. The van der Waals surface area contributed by atoms with Gasteiger partial charge in [0.05, 0.1) is 5.75 Å². The van der Waals surface area contributed by atoms with Gasteiger partial charge in [-0.05, 0) is 37.5 Å². The van der Waals surface area contributed by atoms with Gasteiger partial charge in [0.1, 0.15) is 11.6 Å². The lowest BCUT2D eigenvalue weighted by molar-refractivity contribution is -0.120. The summed E-state index contributed by atoms with van der Waals surface area (Å²) in [6.45, 7) is 2.24. The van der Waals surface area contributed by atoms with Crippen LogP contribution in [0.2, 0.25) is 0 Å². The number of carbonyl (C=O) groups excluding carboxylic acids is 1. The van der Waals surface area contributed by atoms with E-state index in [4.69, 9.17) is 4.52 Å². The Morgan fingerprint density at radius 1 is 1.35 bits per heavy atom. The molecule has 7 nitrogen and oxygen atoms in total. The van der Waals surface area contributed by atoms with E-state index in [1.165, 1.54) is 22.5 Å². The van der Waals surface area contributed by atoms with Crippen LogP contribution in [0, 0.1) is 18.7 Å². The number of piperidine rings is 1. The van der Waals surface area contributed by atoms with Crippen LogP contribution in [0.1, 0.15) is 24.2 Å². The second-order valence-electron chi connectivity index (χ2n) is 6.37. The van der Waals surface area contributed by atoms with Crippen molar-refractivity contribution in [3.63, 3.8) is 0 Å². The van der Waals surface area contributed by atoms with Crippen molar-refractivity contribution in [2.75, 3.05) is 18.4 Å². The number of aromatic nitrogens is 1. The first-order chi connectivity index (χ1) is 12.3. The Morgan fingerprint density at radius 3 is 2.69 bits per heavy atom. The van der Waals surface area contributed by atoms with Crippen molar-refractivity contribution in [1.82, 2.24) is 9.46 Å². The largest absolute Gasteiger partial charge is 0.360 e. The third-order valence-electron chi connectivity index (χ3n) is 4.34. The minimum atomic E-state index is -3.55. The summed E-state index contributed by atoms with van der Waals surface area (Å²) < 4.78 is 44.5. The van der Waals surface area contributed by atoms with Gasteiger partial charge in [0.2, 0.25) is 15.9 Å². The number of amides is 1. The molecule has 1 N–H and O–H groups in total. The van der Waals surface area contributed by atoms with Gasteiger partial charge in [0.15, 0.2) is 5.82 Å². The monoisotopic (exact) mass is 381 g/mol. The van der Waals surface area contributed by atoms with Crippen molar-refractivity contribution in [3.05, 3.63) is 47.5 Å². The fourth-order valence-electron chi connectivity index (χ4n) is 2.98. The Morgan fingerprint density at radius 2 is 2.08 bits per heavy atom. The fourth-order valence-corrected chi connectivity index (χ4v) is 4.53. The summed E-state index contributed by atoms with van der Waals surface area (Å²) in [7, 11) is -3.55. The lowest BCUT2D eigenvalue weighted by Crippen LogP contribution is -2.41. The normalized spacial score (nSPS) is 16.5. The van der Waals surface area contributed by atoms with E-state index in [9.17, 15) is 17.6 Å². The average Bonchev–Trinajstić information content (AvgIpc) is 2.99. The van der Waals surface area contributed by atoms with Crippen molar-refractivity contribution >= 4 is 21.7 Å². The van der Waals surface area contributed by atoms with Gasteiger partial charge in [-0.25, -0.2) is 17.1 Å². The van der Waals surface area contributed by atoms with Gasteiger partial charge in [0, 0.05) is 25.1 Å². The van der Waals surface area contributed by atoms with E-state index >= 15 is 0 Å². The fraction of sp³-hybridized carbons (Fsp3) is 0.412. The van der Waals surface area contributed by atoms with Gasteiger partial charge in [-0.3, -0.25) is 4.79 Å². The maximum absolute atomic E-state index is 13.2. The number of benzene rings is 1. The molecule has 0 unspecified atom stereocenters. The highest BCUT2D eigenvalue weighted by molar-refractivity contribution is 7.88. The second-order valence-corrected chi connectivity index (χ2v) is 8.34. The lowest BCUT2D eigenvalue weighted by Gasteiger charge is -2.30. The lowest BCUT2D eigenvalue weighted by atomic mass is 9.97. The van der Waals surface area contributed by atoms with E-state index in [-0.39, 0.29) is 30.7 Å². The van der Waals surface area contributed by atoms with Crippen molar-refractivity contribution in [2.24, 2.45) is 5.92 Å². The van der Waals surface area contributed by atoms with Crippen LogP contribution in [0.4, 0.5) is 10.2 Å². The summed E-state index contributed by atoms with van der Waals surface area (Å²) in [6.07, 6.45) is 0.843. The van der Waals surface area contributed by atoms with Crippen molar-refractivity contribution in [3.8, 4) is 0 Å². The van der Waals surface area contributed by atoms with E-state index in [1.807, 2.05) is 0 Å². The topological polar surface area (TPSA) is 92.5 Å². The van der Waals surface area contributed by atoms with E-state index in [0.29, 0.717) is 30.0 Å².